The maximum Gasteiger partial charge on any atom is 0.411 e. The van der Waals surface area contributed by atoms with Gasteiger partial charge in [-0.15, -0.1) is 0 Å². The lowest BCUT2D eigenvalue weighted by Gasteiger charge is -2.22. The van der Waals surface area contributed by atoms with Crippen LogP contribution in [-0.2, 0) is 11.2 Å². The predicted molar refractivity (Wildman–Crippen MR) is 89.2 cm³/mol. The van der Waals surface area contributed by atoms with E-state index in [2.05, 4.69) is 10.5 Å². The maximum atomic E-state index is 11.8. The lowest BCUT2D eigenvalue weighted by atomic mass is 9.85. The molecule has 124 valence electrons. The van der Waals surface area contributed by atoms with Crippen LogP contribution in [0.2, 0.25) is 0 Å². The zero-order chi connectivity index (χ0) is 17.0. The van der Waals surface area contributed by atoms with Gasteiger partial charge in [0.05, 0.1) is 0 Å². The highest BCUT2D eigenvalue weighted by Gasteiger charge is 2.20. The van der Waals surface area contributed by atoms with Crippen molar-refractivity contribution in [2.45, 2.75) is 45.6 Å². The van der Waals surface area contributed by atoms with Crippen LogP contribution in [0.3, 0.4) is 0 Å². The molecule has 23 heavy (non-hydrogen) atoms. The molecule has 1 aliphatic rings. The van der Waals surface area contributed by atoms with Gasteiger partial charge >= 0.3 is 6.09 Å². The number of rotatable bonds is 2. The molecule has 0 heterocycles. The molecule has 0 atom stereocenters. The van der Waals surface area contributed by atoms with Crippen LogP contribution < -0.4 is 11.1 Å². The second-order valence-corrected chi connectivity index (χ2v) is 6.49. The third-order valence-electron chi connectivity index (χ3n) is 3.54. The molecular formula is C17H23N3O3. The summed E-state index contributed by atoms with van der Waals surface area (Å²) < 4.78 is 5.23. The minimum Gasteiger partial charge on any atom is -0.444 e. The predicted octanol–water partition coefficient (Wildman–Crippen LogP) is 2.98. The second kappa shape index (κ2) is 6.73. The van der Waals surface area contributed by atoms with Crippen LogP contribution in [-0.4, -0.2) is 22.7 Å². The fourth-order valence-corrected chi connectivity index (χ4v) is 2.64. The maximum absolute atomic E-state index is 11.8. The minimum atomic E-state index is -0.535. The third-order valence-corrected chi connectivity index (χ3v) is 3.54. The van der Waals surface area contributed by atoms with E-state index in [1.54, 1.807) is 6.20 Å². The highest BCUT2D eigenvalue weighted by atomic mass is 16.6. The van der Waals surface area contributed by atoms with Gasteiger partial charge in [-0.1, -0.05) is 23.4 Å². The van der Waals surface area contributed by atoms with E-state index in [4.69, 9.17) is 15.7 Å². The van der Waals surface area contributed by atoms with Crippen LogP contribution in [0.25, 0.3) is 5.57 Å². The first-order valence-electron chi connectivity index (χ1n) is 7.60. The summed E-state index contributed by atoms with van der Waals surface area (Å²) in [7, 11) is 0. The molecule has 6 heteroatoms. The lowest BCUT2D eigenvalue weighted by molar-refractivity contribution is 0.0552. The number of ether oxygens (including phenoxy) is 1. The van der Waals surface area contributed by atoms with Gasteiger partial charge in [-0.25, -0.2) is 4.79 Å². The number of nitrogens with zero attached hydrogens (tertiary/aromatic N) is 1. The molecule has 0 bridgehead atoms. The van der Waals surface area contributed by atoms with Crippen molar-refractivity contribution in [1.82, 2.24) is 5.32 Å². The number of alkyl carbamates (subject to hydrolysis) is 1. The molecule has 0 fully saturated rings. The van der Waals surface area contributed by atoms with Crippen LogP contribution in [0.5, 0.6) is 0 Å². The smallest absolute Gasteiger partial charge is 0.411 e. The van der Waals surface area contributed by atoms with E-state index < -0.39 is 11.7 Å². The SMILES string of the molecule is CC(C)(C)OC(=O)NC=C1CCCc2c1cccc2C(N)=NO. The fraction of sp³-hybridized carbons (Fsp3) is 0.412. The van der Waals surface area contributed by atoms with E-state index in [1.165, 1.54) is 0 Å². The summed E-state index contributed by atoms with van der Waals surface area (Å²) in [6.07, 6.45) is 3.84. The minimum absolute atomic E-state index is 0.100. The number of carbonyl (C=O) groups excluding carboxylic acids is 1. The first-order valence-corrected chi connectivity index (χ1v) is 7.60. The zero-order valence-corrected chi connectivity index (χ0v) is 13.7. The number of hydrogen-bond acceptors (Lipinski definition) is 4. The average molecular weight is 317 g/mol. The van der Waals surface area contributed by atoms with Crippen molar-refractivity contribution in [3.63, 3.8) is 0 Å². The van der Waals surface area contributed by atoms with Gasteiger partial charge in [0.25, 0.3) is 0 Å². The van der Waals surface area contributed by atoms with Crippen molar-refractivity contribution in [3.8, 4) is 0 Å². The molecule has 0 radical (unpaired) electrons. The largest absolute Gasteiger partial charge is 0.444 e. The number of hydrogen-bond donors (Lipinski definition) is 3. The van der Waals surface area contributed by atoms with Crippen molar-refractivity contribution in [1.29, 1.82) is 0 Å². The number of fused-ring (bicyclic) bond motifs is 1. The van der Waals surface area contributed by atoms with E-state index in [-0.39, 0.29) is 5.84 Å². The molecule has 0 unspecified atom stereocenters. The summed E-state index contributed by atoms with van der Waals surface area (Å²) in [4.78, 5) is 11.8. The third kappa shape index (κ3) is 4.25. The van der Waals surface area contributed by atoms with Crippen molar-refractivity contribution in [3.05, 3.63) is 41.1 Å². The topological polar surface area (TPSA) is 96.9 Å². The van der Waals surface area contributed by atoms with Gasteiger partial charge in [0.1, 0.15) is 5.60 Å². The zero-order valence-electron chi connectivity index (χ0n) is 13.7. The average Bonchev–Trinajstić information content (AvgIpc) is 2.49. The summed E-state index contributed by atoms with van der Waals surface area (Å²) in [5.41, 5.74) is 8.99. The van der Waals surface area contributed by atoms with Gasteiger partial charge in [0.15, 0.2) is 5.84 Å². The summed E-state index contributed by atoms with van der Waals surface area (Å²) in [6.45, 7) is 5.46. The number of oxime groups is 1. The highest BCUT2D eigenvalue weighted by molar-refractivity contribution is 5.99. The molecule has 1 aromatic carbocycles. The molecular weight excluding hydrogens is 294 g/mol. The number of amides is 1. The number of benzene rings is 1. The number of allylic oxidation sites excluding steroid dienone is 1. The van der Waals surface area contributed by atoms with Gasteiger partial charge in [0, 0.05) is 11.8 Å². The Hall–Kier alpha value is -2.50. The number of nitrogens with two attached hydrogens (primary N) is 1. The quantitative estimate of drug-likeness (QED) is 0.338. The molecule has 0 saturated heterocycles. The van der Waals surface area contributed by atoms with Gasteiger partial charge in [-0.2, -0.15) is 0 Å². The van der Waals surface area contributed by atoms with Crippen molar-refractivity contribution < 1.29 is 14.7 Å². The van der Waals surface area contributed by atoms with Gasteiger partial charge in [0.2, 0.25) is 0 Å². The van der Waals surface area contributed by atoms with E-state index in [0.717, 1.165) is 41.5 Å². The summed E-state index contributed by atoms with van der Waals surface area (Å²) in [6, 6.07) is 5.67. The fourth-order valence-electron chi connectivity index (χ4n) is 2.64. The molecule has 2 rings (SSSR count). The van der Waals surface area contributed by atoms with Crippen LogP contribution in [0, 0.1) is 0 Å². The van der Waals surface area contributed by atoms with E-state index in [0.29, 0.717) is 0 Å². The van der Waals surface area contributed by atoms with Gasteiger partial charge in [-0.05, 0) is 56.7 Å². The first-order chi connectivity index (χ1) is 10.8. The lowest BCUT2D eigenvalue weighted by Crippen LogP contribution is -2.30. The summed E-state index contributed by atoms with van der Waals surface area (Å²) in [5, 5.41) is 14.7. The normalized spacial score (nSPS) is 16.8. The monoisotopic (exact) mass is 317 g/mol. The van der Waals surface area contributed by atoms with Crippen LogP contribution in [0.4, 0.5) is 4.79 Å². The molecule has 1 amide bonds. The van der Waals surface area contributed by atoms with Crippen molar-refractivity contribution in [2.24, 2.45) is 10.9 Å². The van der Waals surface area contributed by atoms with Crippen molar-refractivity contribution >= 4 is 17.5 Å². The first kappa shape index (κ1) is 16.9. The Morgan fingerprint density at radius 2 is 2.13 bits per heavy atom. The molecule has 1 aromatic rings. The van der Waals surface area contributed by atoms with Gasteiger partial charge in [-0.3, -0.25) is 5.32 Å². The van der Waals surface area contributed by atoms with E-state index in [9.17, 15) is 4.79 Å². The second-order valence-electron chi connectivity index (χ2n) is 6.49. The van der Waals surface area contributed by atoms with E-state index >= 15 is 0 Å². The van der Waals surface area contributed by atoms with E-state index in [1.807, 2.05) is 39.0 Å². The Kier molecular flexibility index (Phi) is 4.93. The molecule has 1 aliphatic carbocycles. The Labute approximate surface area is 136 Å². The molecule has 0 saturated carbocycles. The number of amidine groups is 1. The summed E-state index contributed by atoms with van der Waals surface area (Å²) in [5.74, 6) is 0.100. The standard InChI is InChI=1S/C17H23N3O3/c1-17(2,3)23-16(21)19-10-11-6-4-8-13-12(11)7-5-9-14(13)15(18)20-22/h5,7,9-10,22H,4,6,8H2,1-3H3,(H2,18,20)(H,19,21). The Bertz CT molecular complexity index is 658. The summed E-state index contributed by atoms with van der Waals surface area (Å²) >= 11 is 0. The van der Waals surface area contributed by atoms with Crippen LogP contribution in [0.1, 0.15) is 50.3 Å². The van der Waals surface area contributed by atoms with Crippen LogP contribution in [0.15, 0.2) is 29.6 Å². The number of carbonyl (C=O) groups is 1. The van der Waals surface area contributed by atoms with Crippen LogP contribution >= 0.6 is 0 Å². The highest BCUT2D eigenvalue weighted by Crippen LogP contribution is 2.32. The van der Waals surface area contributed by atoms with Crippen molar-refractivity contribution in [2.75, 3.05) is 0 Å². The Morgan fingerprint density at radius 3 is 2.78 bits per heavy atom. The molecule has 0 aromatic heterocycles. The Morgan fingerprint density at radius 1 is 1.39 bits per heavy atom. The van der Waals surface area contributed by atoms with Gasteiger partial charge < -0.3 is 15.7 Å². The molecule has 0 spiro atoms. The molecule has 4 N–H and O–H groups in total. The Balaban J connectivity index is 2.25. The molecule has 6 nitrogen and oxygen atoms in total. The molecule has 0 aliphatic heterocycles. The number of nitrogens with one attached hydrogen (secondary N) is 1.